The van der Waals surface area contributed by atoms with Crippen LogP contribution in [-0.4, -0.2) is 19.6 Å². The SMILES string of the molecule is FC(F)(F)c1cc(C2=CC=CC2)n(Cn2nc(C(F)(F)F)cc2C2=CC=CC2)n1. The van der Waals surface area contributed by atoms with Crippen molar-refractivity contribution >= 4 is 11.1 Å². The Morgan fingerprint density at radius 3 is 1.45 bits per heavy atom. The fourth-order valence-electron chi connectivity index (χ4n) is 3.24. The highest BCUT2D eigenvalue weighted by Gasteiger charge is 2.37. The van der Waals surface area contributed by atoms with E-state index in [0.29, 0.717) is 24.0 Å². The van der Waals surface area contributed by atoms with Gasteiger partial charge in [-0.3, -0.25) is 0 Å². The van der Waals surface area contributed by atoms with E-state index in [1.807, 2.05) is 0 Å². The van der Waals surface area contributed by atoms with Crippen molar-refractivity contribution in [2.24, 2.45) is 0 Å². The molecular weight excluding hydrogens is 398 g/mol. The summed E-state index contributed by atoms with van der Waals surface area (Å²) in [6, 6.07) is 1.81. The van der Waals surface area contributed by atoms with Crippen LogP contribution in [0.4, 0.5) is 26.3 Å². The summed E-state index contributed by atoms with van der Waals surface area (Å²) in [5, 5.41) is 7.21. The van der Waals surface area contributed by atoms with Crippen molar-refractivity contribution in [3.05, 3.63) is 71.4 Å². The van der Waals surface area contributed by atoms with Gasteiger partial charge in [-0.25, -0.2) is 9.36 Å². The molecule has 0 unspecified atom stereocenters. The first-order chi connectivity index (χ1) is 13.6. The van der Waals surface area contributed by atoms with Crippen molar-refractivity contribution in [3.8, 4) is 0 Å². The molecule has 4 nitrogen and oxygen atoms in total. The van der Waals surface area contributed by atoms with Crippen LogP contribution in [0.25, 0.3) is 11.1 Å². The van der Waals surface area contributed by atoms with Gasteiger partial charge in [0.05, 0.1) is 11.4 Å². The molecule has 0 bridgehead atoms. The molecule has 0 aliphatic heterocycles. The minimum atomic E-state index is -4.67. The molecule has 2 aromatic rings. The van der Waals surface area contributed by atoms with Gasteiger partial charge < -0.3 is 0 Å². The number of hydrogen-bond acceptors (Lipinski definition) is 2. The Labute approximate surface area is 161 Å². The van der Waals surface area contributed by atoms with Crippen molar-refractivity contribution in [1.29, 1.82) is 0 Å². The van der Waals surface area contributed by atoms with Gasteiger partial charge in [-0.1, -0.05) is 36.5 Å². The summed E-state index contributed by atoms with van der Waals surface area (Å²) in [6.45, 7) is -0.383. The number of halogens is 6. The normalized spacial score (nSPS) is 16.6. The van der Waals surface area contributed by atoms with E-state index in [4.69, 9.17) is 0 Å². The smallest absolute Gasteiger partial charge is 0.243 e. The molecule has 0 saturated carbocycles. The van der Waals surface area contributed by atoms with Gasteiger partial charge >= 0.3 is 12.4 Å². The van der Waals surface area contributed by atoms with E-state index >= 15 is 0 Å². The second-order valence-electron chi connectivity index (χ2n) is 6.61. The largest absolute Gasteiger partial charge is 0.435 e. The van der Waals surface area contributed by atoms with E-state index in [0.717, 1.165) is 21.5 Å². The predicted octanol–water partition coefficient (Wildman–Crippen LogP) is 5.31. The van der Waals surface area contributed by atoms with E-state index in [9.17, 15) is 26.3 Å². The Morgan fingerprint density at radius 1 is 0.724 bits per heavy atom. The lowest BCUT2D eigenvalue weighted by Gasteiger charge is -2.12. The van der Waals surface area contributed by atoms with Crippen LogP contribution < -0.4 is 0 Å². The summed E-state index contributed by atoms with van der Waals surface area (Å²) in [7, 11) is 0. The first-order valence-electron chi connectivity index (χ1n) is 8.65. The van der Waals surface area contributed by atoms with Gasteiger partial charge in [0.15, 0.2) is 11.4 Å². The van der Waals surface area contributed by atoms with Crippen LogP contribution in [0.2, 0.25) is 0 Å². The zero-order valence-electron chi connectivity index (χ0n) is 14.8. The van der Waals surface area contributed by atoms with Gasteiger partial charge in [-0.15, -0.1) is 0 Å². The molecule has 0 aromatic carbocycles. The Bertz CT molecular complexity index is 975. The Hall–Kier alpha value is -3.04. The van der Waals surface area contributed by atoms with Crippen molar-refractivity contribution in [1.82, 2.24) is 19.6 Å². The average molecular weight is 412 g/mol. The molecule has 2 aliphatic carbocycles. The topological polar surface area (TPSA) is 35.6 Å². The van der Waals surface area contributed by atoms with E-state index in [-0.39, 0.29) is 18.1 Å². The number of aromatic nitrogens is 4. The highest BCUT2D eigenvalue weighted by molar-refractivity contribution is 5.70. The quantitative estimate of drug-likeness (QED) is 0.638. The molecule has 0 fully saturated rings. The first-order valence-corrected chi connectivity index (χ1v) is 8.65. The van der Waals surface area contributed by atoms with E-state index < -0.39 is 23.7 Å². The van der Waals surface area contributed by atoms with Gasteiger partial charge in [-0.05, 0) is 36.1 Å². The molecule has 2 heterocycles. The summed E-state index contributed by atoms with van der Waals surface area (Å²) in [5.74, 6) is 0. The summed E-state index contributed by atoms with van der Waals surface area (Å²) in [4.78, 5) is 0. The minimum Gasteiger partial charge on any atom is -0.243 e. The molecule has 152 valence electrons. The van der Waals surface area contributed by atoms with Crippen molar-refractivity contribution < 1.29 is 26.3 Å². The molecule has 0 spiro atoms. The molecular formula is C19H14F6N4. The van der Waals surface area contributed by atoms with Crippen LogP contribution in [0.15, 0.2) is 48.6 Å². The summed E-state index contributed by atoms with van der Waals surface area (Å²) < 4.78 is 81.2. The van der Waals surface area contributed by atoms with Crippen LogP contribution in [-0.2, 0) is 19.0 Å². The van der Waals surface area contributed by atoms with Crippen molar-refractivity contribution in [2.45, 2.75) is 31.9 Å². The fourth-order valence-corrected chi connectivity index (χ4v) is 3.24. The highest BCUT2D eigenvalue weighted by Crippen LogP contribution is 2.34. The van der Waals surface area contributed by atoms with Gasteiger partial charge in [0.2, 0.25) is 0 Å². The summed E-state index contributed by atoms with van der Waals surface area (Å²) >= 11 is 0. The average Bonchev–Trinajstić information content (AvgIpc) is 3.40. The minimum absolute atomic E-state index is 0.191. The van der Waals surface area contributed by atoms with Crippen LogP contribution >= 0.6 is 0 Å². The maximum Gasteiger partial charge on any atom is 0.435 e. The molecule has 0 amide bonds. The van der Waals surface area contributed by atoms with Crippen LogP contribution in [0.5, 0.6) is 0 Å². The van der Waals surface area contributed by atoms with E-state index in [2.05, 4.69) is 10.2 Å². The molecule has 0 atom stereocenters. The molecule has 0 N–H and O–H groups in total. The predicted molar refractivity (Wildman–Crippen MR) is 93.3 cm³/mol. The van der Waals surface area contributed by atoms with Crippen molar-refractivity contribution in [2.75, 3.05) is 0 Å². The number of nitrogens with zero attached hydrogens (tertiary/aromatic N) is 4. The van der Waals surface area contributed by atoms with Crippen molar-refractivity contribution in [3.63, 3.8) is 0 Å². The summed E-state index contributed by atoms with van der Waals surface area (Å²) in [6.07, 6.45) is 1.75. The molecule has 2 aromatic heterocycles. The number of rotatable bonds is 4. The molecule has 29 heavy (non-hydrogen) atoms. The Kier molecular flexibility index (Phi) is 4.51. The Balaban J connectivity index is 1.77. The van der Waals surface area contributed by atoms with Gasteiger partial charge in [0, 0.05) is 0 Å². The number of alkyl halides is 6. The maximum absolute atomic E-state index is 13.2. The number of hydrogen-bond donors (Lipinski definition) is 0. The highest BCUT2D eigenvalue weighted by atomic mass is 19.4. The zero-order chi connectivity index (χ0) is 20.8. The van der Waals surface area contributed by atoms with Crippen LogP contribution in [0, 0.1) is 0 Å². The molecule has 10 heteroatoms. The number of allylic oxidation sites excluding steroid dienone is 8. The lowest BCUT2D eigenvalue weighted by Crippen LogP contribution is -2.17. The fraction of sp³-hybridized carbons (Fsp3) is 0.263. The third-order valence-electron chi connectivity index (χ3n) is 4.61. The summed E-state index contributed by atoms with van der Waals surface area (Å²) in [5.41, 5.74) is -0.635. The van der Waals surface area contributed by atoms with Gasteiger partial charge in [-0.2, -0.15) is 36.5 Å². The Morgan fingerprint density at radius 2 is 1.14 bits per heavy atom. The van der Waals surface area contributed by atoms with E-state index in [1.54, 1.807) is 36.5 Å². The second kappa shape index (κ2) is 6.78. The molecule has 0 saturated heterocycles. The monoisotopic (exact) mass is 412 g/mol. The lowest BCUT2D eigenvalue weighted by atomic mass is 10.1. The van der Waals surface area contributed by atoms with Crippen LogP contribution in [0.1, 0.15) is 35.6 Å². The van der Waals surface area contributed by atoms with Gasteiger partial charge in [0.25, 0.3) is 0 Å². The zero-order valence-corrected chi connectivity index (χ0v) is 14.8. The molecule has 0 radical (unpaired) electrons. The lowest BCUT2D eigenvalue weighted by molar-refractivity contribution is -0.142. The first kappa shape index (κ1) is 19.3. The standard InChI is InChI=1S/C19H14F6N4/c20-18(21,22)16-9-14(12-5-1-2-6-12)28(26-16)11-29-15(13-7-3-4-8-13)10-17(27-29)19(23,24)25/h1-5,7,9-10H,6,8,11H2. The third kappa shape index (κ3) is 3.79. The van der Waals surface area contributed by atoms with Gasteiger partial charge in [0.1, 0.15) is 6.67 Å². The molecule has 4 rings (SSSR count). The third-order valence-corrected chi connectivity index (χ3v) is 4.61. The molecule has 2 aliphatic rings. The van der Waals surface area contributed by atoms with E-state index in [1.165, 1.54) is 0 Å². The van der Waals surface area contributed by atoms with Crippen LogP contribution in [0.3, 0.4) is 0 Å². The second-order valence-corrected chi connectivity index (χ2v) is 6.61. The maximum atomic E-state index is 13.2.